The maximum absolute atomic E-state index is 12.5. The van der Waals surface area contributed by atoms with E-state index in [0.29, 0.717) is 29.6 Å². The van der Waals surface area contributed by atoms with E-state index in [1.54, 1.807) is 28.7 Å². The number of thiazole rings is 1. The maximum Gasteiger partial charge on any atom is 0.254 e. The van der Waals surface area contributed by atoms with E-state index in [1.165, 1.54) is 11.3 Å². The fraction of sp³-hybridized carbons (Fsp3) is 0.188. The van der Waals surface area contributed by atoms with Gasteiger partial charge in [-0.2, -0.15) is 0 Å². The highest BCUT2D eigenvalue weighted by molar-refractivity contribution is 7.16. The summed E-state index contributed by atoms with van der Waals surface area (Å²) in [5.74, 6) is 0.421. The Kier molecular flexibility index (Phi) is 3.63. The Bertz CT molecular complexity index is 876. The molecule has 116 valence electrons. The van der Waals surface area contributed by atoms with Gasteiger partial charge in [-0.25, -0.2) is 9.97 Å². The van der Waals surface area contributed by atoms with Crippen LogP contribution in [0.15, 0.2) is 42.0 Å². The Labute approximate surface area is 141 Å². The van der Waals surface area contributed by atoms with Crippen molar-refractivity contribution in [2.24, 2.45) is 0 Å². The zero-order valence-corrected chi connectivity index (χ0v) is 13.5. The molecule has 1 fully saturated rings. The molecule has 0 atom stereocenters. The molecule has 3 heterocycles. The average molecular weight is 346 g/mol. The first-order valence-corrected chi connectivity index (χ1v) is 8.36. The zero-order chi connectivity index (χ0) is 15.8. The molecular formula is C16H12ClN3O2S. The van der Waals surface area contributed by atoms with Gasteiger partial charge in [-0.3, -0.25) is 4.79 Å². The smallest absolute Gasteiger partial charge is 0.254 e. The fourth-order valence-electron chi connectivity index (χ4n) is 2.46. The molecule has 1 aromatic carbocycles. The molecular weight excluding hydrogens is 334 g/mol. The van der Waals surface area contributed by atoms with Crippen molar-refractivity contribution in [2.75, 3.05) is 13.1 Å². The van der Waals surface area contributed by atoms with E-state index in [0.717, 1.165) is 10.2 Å². The summed E-state index contributed by atoms with van der Waals surface area (Å²) in [6.07, 6.45) is 1.56. The van der Waals surface area contributed by atoms with Crippen molar-refractivity contribution in [2.45, 2.75) is 6.10 Å². The van der Waals surface area contributed by atoms with Gasteiger partial charge in [-0.15, -0.1) is 11.3 Å². The summed E-state index contributed by atoms with van der Waals surface area (Å²) in [6.45, 7) is 1.07. The van der Waals surface area contributed by atoms with Crippen LogP contribution in [-0.4, -0.2) is 40.0 Å². The van der Waals surface area contributed by atoms with Crippen molar-refractivity contribution in [1.82, 2.24) is 14.9 Å². The van der Waals surface area contributed by atoms with Crippen molar-refractivity contribution in [1.29, 1.82) is 0 Å². The highest BCUT2D eigenvalue weighted by Gasteiger charge is 2.33. The Morgan fingerprint density at radius 2 is 2.17 bits per heavy atom. The van der Waals surface area contributed by atoms with Crippen molar-refractivity contribution >= 4 is 39.1 Å². The number of halogens is 1. The van der Waals surface area contributed by atoms with Gasteiger partial charge in [0.05, 0.1) is 28.8 Å². The lowest BCUT2D eigenvalue weighted by Gasteiger charge is -2.38. The molecule has 4 rings (SSSR count). The van der Waals surface area contributed by atoms with Crippen molar-refractivity contribution < 1.29 is 9.53 Å². The molecule has 7 heteroatoms. The quantitative estimate of drug-likeness (QED) is 0.731. The molecule has 1 amide bonds. The number of likely N-dealkylation sites (tertiary alicyclic amines) is 1. The predicted octanol–water partition coefficient (Wildman–Crippen LogP) is 3.25. The number of hydrogen-bond donors (Lipinski definition) is 0. The topological polar surface area (TPSA) is 55.3 Å². The Morgan fingerprint density at radius 1 is 1.30 bits per heavy atom. The van der Waals surface area contributed by atoms with Crippen LogP contribution in [0.5, 0.6) is 5.88 Å². The summed E-state index contributed by atoms with van der Waals surface area (Å²) < 4.78 is 6.73. The molecule has 23 heavy (non-hydrogen) atoms. The van der Waals surface area contributed by atoms with Crippen LogP contribution in [0.1, 0.15) is 10.4 Å². The molecule has 0 aliphatic carbocycles. The van der Waals surface area contributed by atoms with E-state index in [9.17, 15) is 4.79 Å². The number of aromatic nitrogens is 2. The molecule has 5 nitrogen and oxygen atoms in total. The summed E-state index contributed by atoms with van der Waals surface area (Å²) in [5.41, 5.74) is 3.38. The van der Waals surface area contributed by atoms with Gasteiger partial charge in [-0.05, 0) is 30.3 Å². The van der Waals surface area contributed by atoms with Gasteiger partial charge in [-0.1, -0.05) is 11.6 Å². The second-order valence-corrected chi connectivity index (χ2v) is 6.57. The lowest BCUT2D eigenvalue weighted by molar-refractivity contribution is 0.0161. The van der Waals surface area contributed by atoms with Crippen molar-refractivity contribution in [3.63, 3.8) is 0 Å². The number of hydrogen-bond acceptors (Lipinski definition) is 5. The minimum absolute atomic E-state index is 0.00673. The maximum atomic E-state index is 12.5. The second kappa shape index (κ2) is 5.79. The zero-order valence-electron chi connectivity index (χ0n) is 12.0. The van der Waals surface area contributed by atoms with Crippen LogP contribution in [0.2, 0.25) is 5.02 Å². The number of pyridine rings is 1. The van der Waals surface area contributed by atoms with Crippen LogP contribution in [0.3, 0.4) is 0 Å². The number of amides is 1. The van der Waals surface area contributed by atoms with Crippen molar-refractivity contribution in [3.05, 3.63) is 52.6 Å². The first-order valence-electron chi connectivity index (χ1n) is 7.10. The van der Waals surface area contributed by atoms with E-state index in [2.05, 4.69) is 9.97 Å². The molecule has 0 radical (unpaired) electrons. The van der Waals surface area contributed by atoms with Gasteiger partial charge >= 0.3 is 0 Å². The van der Waals surface area contributed by atoms with Gasteiger partial charge in [0.2, 0.25) is 5.88 Å². The monoisotopic (exact) mass is 345 g/mol. The standard InChI is InChI=1S/C16H12ClN3O2S/c17-12-2-1-5-18-15(12)22-11-7-20(8-11)16(21)10-3-4-13-14(6-10)23-9-19-13/h1-6,9,11H,7-8H2. The number of rotatable bonds is 3. The second-order valence-electron chi connectivity index (χ2n) is 5.28. The third-order valence-electron chi connectivity index (χ3n) is 3.72. The third-order valence-corrected chi connectivity index (χ3v) is 4.80. The molecule has 2 aromatic heterocycles. The fourth-order valence-corrected chi connectivity index (χ4v) is 3.35. The van der Waals surface area contributed by atoms with Crippen LogP contribution in [0, 0.1) is 0 Å². The van der Waals surface area contributed by atoms with E-state index in [-0.39, 0.29) is 12.0 Å². The summed E-state index contributed by atoms with van der Waals surface area (Å²) >= 11 is 7.55. The van der Waals surface area contributed by atoms with E-state index in [4.69, 9.17) is 16.3 Å². The number of nitrogens with zero attached hydrogens (tertiary/aromatic N) is 3. The third kappa shape index (κ3) is 2.75. The first kappa shape index (κ1) is 14.4. The Morgan fingerprint density at radius 3 is 3.00 bits per heavy atom. The minimum atomic E-state index is -0.0708. The van der Waals surface area contributed by atoms with Gasteiger partial charge in [0.1, 0.15) is 11.1 Å². The predicted molar refractivity (Wildman–Crippen MR) is 89.2 cm³/mol. The van der Waals surface area contributed by atoms with Crippen LogP contribution in [0.25, 0.3) is 10.2 Å². The van der Waals surface area contributed by atoms with E-state index in [1.807, 2.05) is 18.2 Å². The number of benzene rings is 1. The number of carbonyl (C=O) groups excluding carboxylic acids is 1. The van der Waals surface area contributed by atoms with Gasteiger partial charge < -0.3 is 9.64 Å². The van der Waals surface area contributed by atoms with Crippen molar-refractivity contribution in [3.8, 4) is 5.88 Å². The molecule has 1 aliphatic heterocycles. The van der Waals surface area contributed by atoms with Gasteiger partial charge in [0.15, 0.2) is 0 Å². The van der Waals surface area contributed by atoms with E-state index < -0.39 is 0 Å². The minimum Gasteiger partial charge on any atom is -0.470 e. The molecule has 0 unspecified atom stereocenters. The highest BCUT2D eigenvalue weighted by atomic mass is 35.5. The van der Waals surface area contributed by atoms with Gasteiger partial charge in [0.25, 0.3) is 5.91 Å². The van der Waals surface area contributed by atoms with Gasteiger partial charge in [0, 0.05) is 11.8 Å². The van der Waals surface area contributed by atoms with Crippen LogP contribution >= 0.6 is 22.9 Å². The first-order chi connectivity index (χ1) is 11.2. The molecule has 0 bridgehead atoms. The molecule has 1 saturated heterocycles. The molecule has 0 spiro atoms. The Balaban J connectivity index is 1.41. The van der Waals surface area contributed by atoms with Crippen LogP contribution < -0.4 is 4.74 Å². The summed E-state index contributed by atoms with van der Waals surface area (Å²) in [6, 6.07) is 9.06. The number of fused-ring (bicyclic) bond motifs is 1. The van der Waals surface area contributed by atoms with E-state index >= 15 is 0 Å². The molecule has 0 saturated carbocycles. The average Bonchev–Trinajstić information content (AvgIpc) is 2.99. The summed E-state index contributed by atoms with van der Waals surface area (Å²) in [7, 11) is 0. The lowest BCUT2D eigenvalue weighted by atomic mass is 10.1. The summed E-state index contributed by atoms with van der Waals surface area (Å²) in [4.78, 5) is 22.5. The molecule has 1 aliphatic rings. The largest absolute Gasteiger partial charge is 0.470 e. The Hall–Kier alpha value is -2.18. The number of carbonyl (C=O) groups is 1. The highest BCUT2D eigenvalue weighted by Crippen LogP contribution is 2.25. The van der Waals surface area contributed by atoms with Crippen LogP contribution in [0.4, 0.5) is 0 Å². The summed E-state index contributed by atoms with van der Waals surface area (Å²) in [5, 5.41) is 0.480. The van der Waals surface area contributed by atoms with Crippen LogP contribution in [-0.2, 0) is 0 Å². The SMILES string of the molecule is O=C(c1ccc2ncsc2c1)N1CC(Oc2ncccc2Cl)C1. The number of ether oxygens (including phenoxy) is 1. The lowest BCUT2D eigenvalue weighted by Crippen LogP contribution is -2.56. The normalized spacial score (nSPS) is 14.7. The molecule has 3 aromatic rings. The molecule has 0 N–H and O–H groups in total.